The molecule has 0 saturated carbocycles. The maximum absolute atomic E-state index is 13.1. The Morgan fingerprint density at radius 3 is 2.62 bits per heavy atom. The fourth-order valence-electron chi connectivity index (χ4n) is 3.89. The van der Waals surface area contributed by atoms with E-state index in [9.17, 15) is 18.8 Å². The van der Waals surface area contributed by atoms with Crippen LogP contribution in [0.1, 0.15) is 31.7 Å². The van der Waals surface area contributed by atoms with Gasteiger partial charge in [-0.1, -0.05) is 12.1 Å². The Morgan fingerprint density at radius 2 is 1.92 bits per heavy atom. The molecule has 1 aromatic carbocycles. The van der Waals surface area contributed by atoms with E-state index in [1.807, 2.05) is 4.90 Å². The van der Waals surface area contributed by atoms with Crippen LogP contribution in [0.4, 0.5) is 4.39 Å². The second kappa shape index (κ2) is 7.43. The summed E-state index contributed by atoms with van der Waals surface area (Å²) in [6.07, 6.45) is 2.31. The van der Waals surface area contributed by atoms with Gasteiger partial charge in [0.05, 0.1) is 12.0 Å². The molecule has 1 atom stereocenters. The van der Waals surface area contributed by atoms with Gasteiger partial charge in [-0.05, 0) is 37.0 Å². The molecule has 2 aliphatic heterocycles. The highest BCUT2D eigenvalue weighted by atomic mass is 19.1. The molecule has 1 unspecified atom stereocenters. The monoisotopic (exact) mass is 361 g/mol. The fourth-order valence-corrected chi connectivity index (χ4v) is 3.89. The number of halogens is 1. The standard InChI is InChI=1S/C19H24FN3O3/c1-14(24)21-11-17(25)23-10-8-19(13-23)7-2-9-22(18(19)26)12-15-3-5-16(20)6-4-15/h3-6H,2,7-13H2,1H3,(H,21,24). The van der Waals surface area contributed by atoms with Crippen LogP contribution >= 0.6 is 0 Å². The Kier molecular flexibility index (Phi) is 5.25. The average molecular weight is 361 g/mol. The lowest BCUT2D eigenvalue weighted by Gasteiger charge is -2.39. The summed E-state index contributed by atoms with van der Waals surface area (Å²) in [5.74, 6) is -0.616. The van der Waals surface area contributed by atoms with Crippen LogP contribution in [0, 0.1) is 11.2 Å². The zero-order chi connectivity index (χ0) is 18.7. The van der Waals surface area contributed by atoms with E-state index in [0.717, 1.165) is 18.4 Å². The molecule has 2 saturated heterocycles. The number of hydrogen-bond donors (Lipinski definition) is 1. The number of benzene rings is 1. The molecule has 26 heavy (non-hydrogen) atoms. The number of hydrogen-bond acceptors (Lipinski definition) is 3. The fraction of sp³-hybridized carbons (Fsp3) is 0.526. The van der Waals surface area contributed by atoms with Gasteiger partial charge in [-0.3, -0.25) is 14.4 Å². The molecular weight excluding hydrogens is 337 g/mol. The molecule has 1 aromatic rings. The summed E-state index contributed by atoms with van der Waals surface area (Å²) in [5.41, 5.74) is 0.373. The molecule has 2 fully saturated rings. The van der Waals surface area contributed by atoms with Gasteiger partial charge < -0.3 is 15.1 Å². The summed E-state index contributed by atoms with van der Waals surface area (Å²) < 4.78 is 13.1. The van der Waals surface area contributed by atoms with E-state index in [1.54, 1.807) is 17.0 Å². The van der Waals surface area contributed by atoms with Crippen molar-refractivity contribution in [3.05, 3.63) is 35.6 Å². The molecule has 0 radical (unpaired) electrons. The first-order valence-electron chi connectivity index (χ1n) is 8.96. The van der Waals surface area contributed by atoms with Crippen molar-refractivity contribution in [3.63, 3.8) is 0 Å². The second-order valence-electron chi connectivity index (χ2n) is 7.21. The van der Waals surface area contributed by atoms with Crippen molar-refractivity contribution in [2.45, 2.75) is 32.7 Å². The number of nitrogens with one attached hydrogen (secondary N) is 1. The van der Waals surface area contributed by atoms with E-state index in [-0.39, 0.29) is 30.1 Å². The van der Waals surface area contributed by atoms with Crippen LogP contribution < -0.4 is 5.32 Å². The Morgan fingerprint density at radius 1 is 1.19 bits per heavy atom. The highest BCUT2D eigenvalue weighted by Gasteiger charge is 2.49. The van der Waals surface area contributed by atoms with Gasteiger partial charge >= 0.3 is 0 Å². The van der Waals surface area contributed by atoms with Gasteiger partial charge in [0.15, 0.2) is 0 Å². The lowest BCUT2D eigenvalue weighted by molar-refractivity contribution is -0.147. The van der Waals surface area contributed by atoms with Gasteiger partial charge in [0, 0.05) is 33.1 Å². The molecule has 6 nitrogen and oxygen atoms in total. The third kappa shape index (κ3) is 3.86. The van der Waals surface area contributed by atoms with Crippen molar-refractivity contribution in [1.29, 1.82) is 0 Å². The Balaban J connectivity index is 1.64. The van der Waals surface area contributed by atoms with Gasteiger partial charge in [-0.25, -0.2) is 4.39 Å². The van der Waals surface area contributed by atoms with Gasteiger partial charge in [0.2, 0.25) is 17.7 Å². The van der Waals surface area contributed by atoms with Crippen LogP contribution in [0.5, 0.6) is 0 Å². The molecule has 7 heteroatoms. The maximum Gasteiger partial charge on any atom is 0.241 e. The third-order valence-electron chi connectivity index (χ3n) is 5.31. The number of likely N-dealkylation sites (tertiary alicyclic amines) is 2. The molecule has 2 heterocycles. The summed E-state index contributed by atoms with van der Waals surface area (Å²) in [6.45, 7) is 3.42. The van der Waals surface area contributed by atoms with Gasteiger partial charge in [-0.2, -0.15) is 0 Å². The Hall–Kier alpha value is -2.44. The van der Waals surface area contributed by atoms with Crippen LogP contribution in [-0.2, 0) is 20.9 Å². The SMILES string of the molecule is CC(=O)NCC(=O)N1CCC2(CCCN(Cc3ccc(F)cc3)C2=O)C1. The molecule has 140 valence electrons. The van der Waals surface area contributed by atoms with Crippen molar-refractivity contribution in [1.82, 2.24) is 15.1 Å². The van der Waals surface area contributed by atoms with Crippen molar-refractivity contribution >= 4 is 17.7 Å². The molecule has 1 spiro atoms. The zero-order valence-corrected chi connectivity index (χ0v) is 15.0. The molecule has 3 amide bonds. The highest BCUT2D eigenvalue weighted by molar-refractivity contribution is 5.87. The summed E-state index contributed by atoms with van der Waals surface area (Å²) in [7, 11) is 0. The topological polar surface area (TPSA) is 69.7 Å². The van der Waals surface area contributed by atoms with Crippen LogP contribution in [-0.4, -0.2) is 53.7 Å². The first kappa shape index (κ1) is 18.4. The van der Waals surface area contributed by atoms with E-state index in [0.29, 0.717) is 32.6 Å². The first-order chi connectivity index (χ1) is 12.4. The normalized spacial score (nSPS) is 22.8. The Labute approximate surface area is 152 Å². The van der Waals surface area contributed by atoms with E-state index < -0.39 is 5.41 Å². The largest absolute Gasteiger partial charge is 0.347 e. The molecular formula is C19H24FN3O3. The van der Waals surface area contributed by atoms with Gasteiger partial charge in [0.25, 0.3) is 0 Å². The third-order valence-corrected chi connectivity index (χ3v) is 5.31. The van der Waals surface area contributed by atoms with E-state index in [2.05, 4.69) is 5.32 Å². The van der Waals surface area contributed by atoms with Crippen LogP contribution in [0.25, 0.3) is 0 Å². The molecule has 0 bridgehead atoms. The number of amides is 3. The zero-order valence-electron chi connectivity index (χ0n) is 15.0. The summed E-state index contributed by atoms with van der Waals surface area (Å²) in [5, 5.41) is 2.51. The quantitative estimate of drug-likeness (QED) is 0.879. The Bertz CT molecular complexity index is 706. The van der Waals surface area contributed by atoms with Gasteiger partial charge in [-0.15, -0.1) is 0 Å². The number of rotatable bonds is 4. The average Bonchev–Trinajstić information content (AvgIpc) is 3.04. The van der Waals surface area contributed by atoms with Crippen LogP contribution in [0.3, 0.4) is 0 Å². The van der Waals surface area contributed by atoms with Crippen molar-refractivity contribution in [2.75, 3.05) is 26.2 Å². The van der Waals surface area contributed by atoms with Crippen molar-refractivity contribution in [2.24, 2.45) is 5.41 Å². The predicted molar refractivity (Wildman–Crippen MR) is 93.4 cm³/mol. The number of carbonyl (C=O) groups is 3. The lowest BCUT2D eigenvalue weighted by atomic mass is 9.78. The van der Waals surface area contributed by atoms with Gasteiger partial charge in [0.1, 0.15) is 5.82 Å². The van der Waals surface area contributed by atoms with Crippen LogP contribution in [0.2, 0.25) is 0 Å². The van der Waals surface area contributed by atoms with E-state index in [1.165, 1.54) is 19.1 Å². The minimum atomic E-state index is -0.524. The molecule has 2 aliphatic rings. The van der Waals surface area contributed by atoms with Crippen molar-refractivity contribution < 1.29 is 18.8 Å². The number of piperidine rings is 1. The second-order valence-corrected chi connectivity index (χ2v) is 7.21. The summed E-state index contributed by atoms with van der Waals surface area (Å²) in [4.78, 5) is 39.8. The minimum Gasteiger partial charge on any atom is -0.347 e. The summed E-state index contributed by atoms with van der Waals surface area (Å²) in [6, 6.07) is 6.19. The molecule has 0 aromatic heterocycles. The maximum atomic E-state index is 13.1. The van der Waals surface area contributed by atoms with E-state index >= 15 is 0 Å². The molecule has 0 aliphatic carbocycles. The summed E-state index contributed by atoms with van der Waals surface area (Å²) >= 11 is 0. The molecule has 3 rings (SSSR count). The smallest absolute Gasteiger partial charge is 0.241 e. The predicted octanol–water partition coefficient (Wildman–Crippen LogP) is 1.30. The molecule has 1 N–H and O–H groups in total. The first-order valence-corrected chi connectivity index (χ1v) is 8.96. The number of nitrogens with zero attached hydrogens (tertiary/aromatic N) is 2. The minimum absolute atomic E-state index is 0.0289. The highest BCUT2D eigenvalue weighted by Crippen LogP contribution is 2.40. The number of carbonyl (C=O) groups excluding carboxylic acids is 3. The van der Waals surface area contributed by atoms with E-state index in [4.69, 9.17) is 0 Å². The lowest BCUT2D eigenvalue weighted by Crippen LogP contribution is -2.50. The van der Waals surface area contributed by atoms with Crippen molar-refractivity contribution in [3.8, 4) is 0 Å². The van der Waals surface area contributed by atoms with Crippen LogP contribution in [0.15, 0.2) is 24.3 Å².